The van der Waals surface area contributed by atoms with Gasteiger partial charge in [-0.1, -0.05) is 76.6 Å². The number of hydrogen-bond donors (Lipinski definition) is 2. The number of halogens is 2. The quantitative estimate of drug-likeness (QED) is 0.586. The van der Waals surface area contributed by atoms with Gasteiger partial charge >= 0.3 is 11.9 Å². The molecule has 0 aliphatic carbocycles. The zero-order valence-electron chi connectivity index (χ0n) is 17.1. The van der Waals surface area contributed by atoms with Crippen molar-refractivity contribution in [1.29, 1.82) is 0 Å². The number of rotatable bonds is 5. The van der Waals surface area contributed by atoms with Crippen molar-refractivity contribution in [3.8, 4) is 0 Å². The minimum atomic E-state index is -1.51. The maximum Gasteiger partial charge on any atom is 0.352 e. The van der Waals surface area contributed by atoms with Crippen LogP contribution < -0.4 is 5.01 Å². The molecule has 0 spiro atoms. The Hall–Kier alpha value is -1.79. The predicted molar refractivity (Wildman–Crippen MR) is 116 cm³/mol. The van der Waals surface area contributed by atoms with Crippen LogP contribution in [-0.2, 0) is 9.59 Å². The first-order chi connectivity index (χ1) is 13.1. The fourth-order valence-electron chi connectivity index (χ4n) is 1.92. The first-order valence-electron chi connectivity index (χ1n) is 9.38. The summed E-state index contributed by atoms with van der Waals surface area (Å²) in [5, 5.41) is 23.9. The van der Waals surface area contributed by atoms with Crippen molar-refractivity contribution in [3.63, 3.8) is 0 Å². The molecule has 1 aromatic carbocycles. The molecule has 1 aromatic rings. The lowest BCUT2D eigenvalue weighted by molar-refractivity contribution is -0.142. The van der Waals surface area contributed by atoms with Crippen molar-refractivity contribution in [1.82, 2.24) is 0 Å². The summed E-state index contributed by atoms with van der Waals surface area (Å²) < 4.78 is 0. The third-order valence-electron chi connectivity index (χ3n) is 4.05. The summed E-state index contributed by atoms with van der Waals surface area (Å²) in [5.74, 6) is -2.45. The van der Waals surface area contributed by atoms with Gasteiger partial charge in [-0.2, -0.15) is 5.10 Å². The largest absolute Gasteiger partial charge is 0.479 e. The Morgan fingerprint density at radius 1 is 1.07 bits per heavy atom. The first-order valence-corrected chi connectivity index (χ1v) is 10.1. The summed E-state index contributed by atoms with van der Waals surface area (Å²) in [4.78, 5) is 22.5. The van der Waals surface area contributed by atoms with E-state index >= 15 is 0 Å². The van der Waals surface area contributed by atoms with Crippen LogP contribution in [0, 0.1) is 0 Å². The standard InChI is InChI=1S/C12H10Cl2N2O4.2C4H10/c1-12(11(19)20)5-8(10(17)18)15-16(12)9-3-2-6(13)4-7(9)14;2*1-3-4-2/h2-4H,5H2,1H3,(H,17,18)(H,19,20);2*3-4H2,1-2H3. The van der Waals surface area contributed by atoms with Gasteiger partial charge in [-0.25, -0.2) is 14.6 Å². The molecule has 0 aromatic heterocycles. The van der Waals surface area contributed by atoms with Gasteiger partial charge in [0.15, 0.2) is 5.54 Å². The monoisotopic (exact) mass is 432 g/mol. The Morgan fingerprint density at radius 3 is 1.93 bits per heavy atom. The van der Waals surface area contributed by atoms with Crippen molar-refractivity contribution in [2.24, 2.45) is 5.10 Å². The van der Waals surface area contributed by atoms with Crippen LogP contribution in [0.25, 0.3) is 0 Å². The van der Waals surface area contributed by atoms with Crippen LogP contribution in [0.15, 0.2) is 23.3 Å². The van der Waals surface area contributed by atoms with Crippen molar-refractivity contribution in [3.05, 3.63) is 28.2 Å². The lowest BCUT2D eigenvalue weighted by atomic mass is 9.95. The Morgan fingerprint density at radius 2 is 1.57 bits per heavy atom. The molecule has 8 heteroatoms. The molecule has 28 heavy (non-hydrogen) atoms. The smallest absolute Gasteiger partial charge is 0.352 e. The molecule has 0 bridgehead atoms. The third kappa shape index (κ3) is 7.32. The second-order valence-electron chi connectivity index (χ2n) is 6.52. The highest BCUT2D eigenvalue weighted by Crippen LogP contribution is 2.38. The van der Waals surface area contributed by atoms with E-state index in [1.54, 1.807) is 0 Å². The minimum Gasteiger partial charge on any atom is -0.479 e. The Balaban J connectivity index is 0.000000776. The van der Waals surface area contributed by atoms with Crippen LogP contribution in [0.3, 0.4) is 0 Å². The normalized spacial score (nSPS) is 17.7. The molecule has 0 saturated heterocycles. The minimum absolute atomic E-state index is 0.195. The summed E-state index contributed by atoms with van der Waals surface area (Å²) in [5.41, 5.74) is -1.45. The molecule has 1 unspecified atom stereocenters. The number of benzene rings is 1. The van der Waals surface area contributed by atoms with Gasteiger partial charge in [-0.05, 0) is 25.1 Å². The summed E-state index contributed by atoms with van der Waals surface area (Å²) in [6.07, 6.45) is 5.05. The molecule has 0 fully saturated rings. The highest BCUT2D eigenvalue weighted by atomic mass is 35.5. The highest BCUT2D eigenvalue weighted by Gasteiger charge is 2.48. The molecule has 158 valence electrons. The second kappa shape index (κ2) is 12.6. The third-order valence-corrected chi connectivity index (χ3v) is 4.58. The van der Waals surface area contributed by atoms with Crippen LogP contribution in [0.1, 0.15) is 66.7 Å². The van der Waals surface area contributed by atoms with Crippen LogP contribution >= 0.6 is 23.2 Å². The van der Waals surface area contributed by atoms with E-state index in [-0.39, 0.29) is 22.8 Å². The van der Waals surface area contributed by atoms with Crippen LogP contribution in [-0.4, -0.2) is 33.4 Å². The molecule has 0 saturated carbocycles. The highest BCUT2D eigenvalue weighted by molar-refractivity contribution is 6.38. The average molecular weight is 433 g/mol. The molecule has 0 amide bonds. The van der Waals surface area contributed by atoms with E-state index in [1.165, 1.54) is 50.8 Å². The fourth-order valence-corrected chi connectivity index (χ4v) is 2.41. The predicted octanol–water partition coefficient (Wildman–Crippen LogP) is 6.10. The molecule has 2 N–H and O–H groups in total. The van der Waals surface area contributed by atoms with E-state index in [0.717, 1.165) is 5.01 Å². The van der Waals surface area contributed by atoms with Crippen molar-refractivity contribution >= 4 is 46.5 Å². The molecular formula is C20H30Cl2N2O4. The number of carboxylic acid groups (broad SMARTS) is 2. The number of hydrogen-bond acceptors (Lipinski definition) is 4. The molecular weight excluding hydrogens is 403 g/mol. The Labute approximate surface area is 177 Å². The summed E-state index contributed by atoms with van der Waals surface area (Å²) in [7, 11) is 0. The Bertz CT molecular complexity index is 687. The number of anilines is 1. The van der Waals surface area contributed by atoms with E-state index in [9.17, 15) is 14.7 Å². The zero-order chi connectivity index (χ0) is 21.9. The van der Waals surface area contributed by atoms with Crippen molar-refractivity contribution in [2.45, 2.75) is 72.3 Å². The van der Waals surface area contributed by atoms with E-state index < -0.39 is 17.5 Å². The van der Waals surface area contributed by atoms with Gasteiger partial charge in [0.2, 0.25) is 0 Å². The van der Waals surface area contributed by atoms with Crippen LogP contribution in [0.5, 0.6) is 0 Å². The Kier molecular flexibility index (Phi) is 11.8. The van der Waals surface area contributed by atoms with Crippen molar-refractivity contribution < 1.29 is 19.8 Å². The van der Waals surface area contributed by atoms with E-state index in [0.29, 0.717) is 5.02 Å². The lowest BCUT2D eigenvalue weighted by Crippen LogP contribution is -2.47. The van der Waals surface area contributed by atoms with Gasteiger partial charge in [-0.3, -0.25) is 0 Å². The molecule has 1 aliphatic heterocycles. The molecule has 6 nitrogen and oxygen atoms in total. The van der Waals surface area contributed by atoms with Gasteiger partial charge in [0.25, 0.3) is 0 Å². The summed E-state index contributed by atoms with van der Waals surface area (Å²) >= 11 is 11.8. The molecule has 1 aliphatic rings. The molecule has 0 radical (unpaired) electrons. The van der Waals surface area contributed by atoms with E-state index in [2.05, 4.69) is 32.8 Å². The second-order valence-corrected chi connectivity index (χ2v) is 7.36. The number of unbranched alkanes of at least 4 members (excludes halogenated alkanes) is 2. The van der Waals surface area contributed by atoms with Gasteiger partial charge in [0, 0.05) is 11.4 Å². The molecule has 1 heterocycles. The lowest BCUT2D eigenvalue weighted by Gasteiger charge is -2.30. The van der Waals surface area contributed by atoms with Crippen molar-refractivity contribution in [2.75, 3.05) is 5.01 Å². The van der Waals surface area contributed by atoms with Gasteiger partial charge in [0.05, 0.1) is 10.7 Å². The number of nitrogens with zero attached hydrogens (tertiary/aromatic N) is 2. The maximum atomic E-state index is 11.5. The van der Waals surface area contributed by atoms with E-state index in [1.807, 2.05) is 0 Å². The zero-order valence-corrected chi connectivity index (χ0v) is 18.6. The summed E-state index contributed by atoms with van der Waals surface area (Å²) in [6, 6.07) is 4.47. The van der Waals surface area contributed by atoms with Crippen LogP contribution in [0.2, 0.25) is 10.0 Å². The van der Waals surface area contributed by atoms with E-state index in [4.69, 9.17) is 28.3 Å². The number of aliphatic carboxylic acids is 2. The fraction of sp³-hybridized carbons (Fsp3) is 0.550. The maximum absolute atomic E-state index is 11.5. The first kappa shape index (κ1) is 26.2. The summed E-state index contributed by atoms with van der Waals surface area (Å²) in [6.45, 7) is 10.1. The van der Waals surface area contributed by atoms with Gasteiger partial charge in [0.1, 0.15) is 5.71 Å². The molecule has 2 rings (SSSR count). The average Bonchev–Trinajstić information content (AvgIpc) is 3.01. The number of hydrazone groups is 1. The molecule has 1 atom stereocenters. The topological polar surface area (TPSA) is 90.2 Å². The number of carboxylic acids is 2. The SMILES string of the molecule is CC1(C(=O)O)CC(C(=O)O)=NN1c1ccc(Cl)cc1Cl.CCCC.CCCC. The van der Waals surface area contributed by atoms with Gasteiger partial charge in [-0.15, -0.1) is 0 Å². The van der Waals surface area contributed by atoms with Crippen LogP contribution in [0.4, 0.5) is 5.69 Å². The number of carbonyl (C=O) groups is 2. The van der Waals surface area contributed by atoms with Gasteiger partial charge < -0.3 is 10.2 Å².